The minimum absolute atomic E-state index is 0.379. The van der Waals surface area contributed by atoms with Gasteiger partial charge in [-0.15, -0.1) is 11.6 Å². The van der Waals surface area contributed by atoms with Gasteiger partial charge in [0.1, 0.15) is 0 Å². The summed E-state index contributed by atoms with van der Waals surface area (Å²) in [5, 5.41) is 0.379. The van der Waals surface area contributed by atoms with E-state index in [-0.39, 0.29) is 0 Å². The summed E-state index contributed by atoms with van der Waals surface area (Å²) in [5.41, 5.74) is 0. The molecule has 9 heavy (non-hydrogen) atoms. The van der Waals surface area contributed by atoms with Crippen LogP contribution in [0.25, 0.3) is 0 Å². The highest BCUT2D eigenvalue weighted by Crippen LogP contribution is 2.37. The summed E-state index contributed by atoms with van der Waals surface area (Å²) in [7, 11) is 0. The fraction of sp³-hybridized carbons (Fsp3) is 0.875. The van der Waals surface area contributed by atoms with E-state index in [4.69, 9.17) is 11.6 Å². The molecule has 0 bridgehead atoms. The second kappa shape index (κ2) is 2.92. The molecule has 1 fully saturated rings. The highest BCUT2D eigenvalue weighted by atomic mass is 35.5. The molecule has 0 N–H and O–H groups in total. The first-order chi connectivity index (χ1) is 4.24. The molecular formula is C8H14Cl. The van der Waals surface area contributed by atoms with Crippen molar-refractivity contribution < 1.29 is 0 Å². The standard InChI is InChI=1S/C8H14Cl/c1-3-6(2)7-4-8(9)5-7/h4,6-8H,3,5H2,1-2H3. The van der Waals surface area contributed by atoms with Gasteiger partial charge in [-0.2, -0.15) is 0 Å². The van der Waals surface area contributed by atoms with Crippen LogP contribution in [-0.2, 0) is 0 Å². The normalized spacial score (nSPS) is 37.7. The van der Waals surface area contributed by atoms with Crippen LogP contribution in [0.2, 0.25) is 0 Å². The van der Waals surface area contributed by atoms with Crippen LogP contribution in [0.15, 0.2) is 0 Å². The Balaban J connectivity index is 2.15. The molecule has 3 atom stereocenters. The van der Waals surface area contributed by atoms with Crippen molar-refractivity contribution in [2.75, 3.05) is 0 Å². The molecule has 1 heteroatoms. The maximum absolute atomic E-state index is 5.79. The van der Waals surface area contributed by atoms with E-state index in [1.165, 1.54) is 12.8 Å². The van der Waals surface area contributed by atoms with Crippen molar-refractivity contribution in [2.24, 2.45) is 11.8 Å². The van der Waals surface area contributed by atoms with E-state index in [1.54, 1.807) is 0 Å². The Morgan fingerprint density at radius 2 is 2.33 bits per heavy atom. The van der Waals surface area contributed by atoms with Crippen LogP contribution in [0, 0.1) is 18.3 Å². The van der Waals surface area contributed by atoms with Crippen LogP contribution in [0.1, 0.15) is 26.7 Å². The van der Waals surface area contributed by atoms with Crippen molar-refractivity contribution >= 4 is 11.6 Å². The highest BCUT2D eigenvalue weighted by molar-refractivity contribution is 6.22. The molecule has 1 aliphatic carbocycles. The molecule has 0 aromatic carbocycles. The maximum Gasteiger partial charge on any atom is 0.0373 e. The number of rotatable bonds is 2. The van der Waals surface area contributed by atoms with Crippen LogP contribution in [0.5, 0.6) is 0 Å². The van der Waals surface area contributed by atoms with Gasteiger partial charge in [0.25, 0.3) is 0 Å². The summed E-state index contributed by atoms with van der Waals surface area (Å²) in [6.45, 7) is 4.53. The number of hydrogen-bond donors (Lipinski definition) is 0. The molecule has 0 aliphatic heterocycles. The third kappa shape index (κ3) is 1.61. The minimum atomic E-state index is 0.379. The summed E-state index contributed by atoms with van der Waals surface area (Å²) < 4.78 is 0. The van der Waals surface area contributed by atoms with E-state index in [0.717, 1.165) is 11.8 Å². The average Bonchev–Trinajstić information content (AvgIpc) is 1.79. The third-order valence-corrected chi connectivity index (χ3v) is 2.65. The lowest BCUT2D eigenvalue weighted by atomic mass is 9.75. The second-order valence-corrected chi connectivity index (χ2v) is 3.55. The van der Waals surface area contributed by atoms with E-state index in [2.05, 4.69) is 20.3 Å². The van der Waals surface area contributed by atoms with E-state index >= 15 is 0 Å². The van der Waals surface area contributed by atoms with Gasteiger partial charge >= 0.3 is 0 Å². The van der Waals surface area contributed by atoms with E-state index in [9.17, 15) is 0 Å². The van der Waals surface area contributed by atoms with Gasteiger partial charge in [0, 0.05) is 5.38 Å². The Kier molecular flexibility index (Phi) is 2.40. The zero-order valence-corrected chi connectivity index (χ0v) is 6.86. The first kappa shape index (κ1) is 7.40. The van der Waals surface area contributed by atoms with Gasteiger partial charge in [-0.25, -0.2) is 0 Å². The summed E-state index contributed by atoms with van der Waals surface area (Å²) in [6.07, 6.45) is 4.75. The molecule has 1 saturated carbocycles. The summed E-state index contributed by atoms with van der Waals surface area (Å²) in [4.78, 5) is 0. The summed E-state index contributed by atoms with van der Waals surface area (Å²) in [6, 6.07) is 0. The Morgan fingerprint density at radius 3 is 2.67 bits per heavy atom. The molecule has 53 valence electrons. The lowest BCUT2D eigenvalue weighted by Crippen LogP contribution is -2.29. The zero-order chi connectivity index (χ0) is 6.85. The van der Waals surface area contributed by atoms with Crippen molar-refractivity contribution in [1.29, 1.82) is 0 Å². The molecule has 0 aromatic heterocycles. The lowest BCUT2D eigenvalue weighted by Gasteiger charge is -2.34. The highest BCUT2D eigenvalue weighted by Gasteiger charge is 2.30. The predicted molar refractivity (Wildman–Crippen MR) is 41.5 cm³/mol. The Morgan fingerprint density at radius 1 is 1.78 bits per heavy atom. The molecule has 3 unspecified atom stereocenters. The van der Waals surface area contributed by atoms with Gasteiger partial charge in [-0.05, 0) is 24.7 Å². The Hall–Kier alpha value is 0.290. The lowest BCUT2D eigenvalue weighted by molar-refractivity contribution is 0.302. The number of alkyl halides is 1. The van der Waals surface area contributed by atoms with Crippen molar-refractivity contribution in [3.63, 3.8) is 0 Å². The smallest absolute Gasteiger partial charge is 0.0373 e. The molecule has 0 saturated heterocycles. The van der Waals surface area contributed by atoms with Gasteiger partial charge in [-0.3, -0.25) is 0 Å². The van der Waals surface area contributed by atoms with Crippen LogP contribution in [-0.4, -0.2) is 5.38 Å². The van der Waals surface area contributed by atoms with Gasteiger partial charge in [0.05, 0.1) is 0 Å². The fourth-order valence-corrected chi connectivity index (χ4v) is 1.61. The number of hydrogen-bond acceptors (Lipinski definition) is 0. The molecule has 0 aromatic rings. The van der Waals surface area contributed by atoms with E-state index in [0.29, 0.717) is 5.38 Å². The predicted octanol–water partition coefficient (Wildman–Crippen LogP) is 2.86. The van der Waals surface area contributed by atoms with Crippen molar-refractivity contribution in [3.8, 4) is 0 Å². The molecule has 1 radical (unpaired) electrons. The fourth-order valence-electron chi connectivity index (χ4n) is 1.21. The molecule has 0 spiro atoms. The van der Waals surface area contributed by atoms with Crippen LogP contribution in [0.3, 0.4) is 0 Å². The van der Waals surface area contributed by atoms with Gasteiger partial charge < -0.3 is 0 Å². The van der Waals surface area contributed by atoms with Crippen molar-refractivity contribution in [1.82, 2.24) is 0 Å². The first-order valence-corrected chi connectivity index (χ1v) is 4.16. The quantitative estimate of drug-likeness (QED) is 0.525. The molecule has 1 rings (SSSR count). The second-order valence-electron chi connectivity index (χ2n) is 2.99. The molecule has 1 aliphatic rings. The van der Waals surface area contributed by atoms with Gasteiger partial charge in [0.15, 0.2) is 0 Å². The SMILES string of the molecule is CCC(C)C1[CH]C(Cl)C1. The first-order valence-electron chi connectivity index (χ1n) is 3.73. The molecular weight excluding hydrogens is 132 g/mol. The van der Waals surface area contributed by atoms with Crippen LogP contribution >= 0.6 is 11.6 Å². The molecule has 0 heterocycles. The monoisotopic (exact) mass is 145 g/mol. The van der Waals surface area contributed by atoms with Crippen molar-refractivity contribution in [3.05, 3.63) is 6.42 Å². The summed E-state index contributed by atoms with van der Waals surface area (Å²) in [5.74, 6) is 1.66. The molecule has 0 amide bonds. The van der Waals surface area contributed by atoms with Crippen LogP contribution in [0.4, 0.5) is 0 Å². The van der Waals surface area contributed by atoms with Gasteiger partial charge in [-0.1, -0.05) is 20.3 Å². The largest absolute Gasteiger partial charge is 0.123 e. The molecule has 0 nitrogen and oxygen atoms in total. The topological polar surface area (TPSA) is 0 Å². The van der Waals surface area contributed by atoms with Gasteiger partial charge in [0.2, 0.25) is 0 Å². The Bertz CT molecular complexity index is 84.6. The van der Waals surface area contributed by atoms with E-state index in [1.807, 2.05) is 0 Å². The summed E-state index contributed by atoms with van der Waals surface area (Å²) >= 11 is 5.79. The maximum atomic E-state index is 5.79. The average molecular weight is 146 g/mol. The number of halogens is 1. The third-order valence-electron chi connectivity index (χ3n) is 2.33. The van der Waals surface area contributed by atoms with Crippen molar-refractivity contribution in [2.45, 2.75) is 32.1 Å². The Labute approximate surface area is 62.6 Å². The van der Waals surface area contributed by atoms with E-state index < -0.39 is 0 Å². The van der Waals surface area contributed by atoms with Crippen LogP contribution < -0.4 is 0 Å². The minimum Gasteiger partial charge on any atom is -0.123 e. The zero-order valence-electron chi connectivity index (χ0n) is 6.10.